The molecule has 2 rings (SSSR count). The quantitative estimate of drug-likeness (QED) is 0.714. The zero-order chi connectivity index (χ0) is 9.26. The summed E-state index contributed by atoms with van der Waals surface area (Å²) in [5.74, 6) is -0.291. The van der Waals surface area contributed by atoms with Crippen LogP contribution >= 0.6 is 0 Å². The summed E-state index contributed by atoms with van der Waals surface area (Å²) >= 11 is 0. The van der Waals surface area contributed by atoms with Crippen LogP contribution in [0.4, 0.5) is 9.18 Å². The van der Waals surface area contributed by atoms with Crippen LogP contribution in [-0.4, -0.2) is 12.6 Å². The molecule has 1 atom stereocenters. The Balaban J connectivity index is 2.17. The van der Waals surface area contributed by atoms with Gasteiger partial charge in [0.25, 0.3) is 0 Å². The zero-order valence-corrected chi connectivity index (χ0v) is 6.79. The van der Waals surface area contributed by atoms with Crippen LogP contribution in [0.25, 0.3) is 0 Å². The molecule has 0 spiro atoms. The third-order valence-corrected chi connectivity index (χ3v) is 1.92. The average Bonchev–Trinajstić information content (AvgIpc) is 2.53. The van der Waals surface area contributed by atoms with E-state index in [9.17, 15) is 9.18 Å². The van der Waals surface area contributed by atoms with Gasteiger partial charge in [-0.2, -0.15) is 0 Å². The molecule has 0 bridgehead atoms. The molecule has 0 aliphatic carbocycles. The number of hydrogen-bond donors (Lipinski definition) is 1. The second kappa shape index (κ2) is 3.05. The molecule has 13 heavy (non-hydrogen) atoms. The van der Waals surface area contributed by atoms with Crippen molar-refractivity contribution in [2.24, 2.45) is 0 Å². The molecular formula is C9H8FNO2. The zero-order valence-electron chi connectivity index (χ0n) is 6.79. The first-order chi connectivity index (χ1) is 6.25. The Bertz CT molecular complexity index is 323. The molecule has 1 N–H and O–H groups in total. The normalized spacial score (nSPS) is 21.0. The van der Waals surface area contributed by atoms with E-state index in [2.05, 4.69) is 5.32 Å². The second-order valence-electron chi connectivity index (χ2n) is 2.83. The van der Waals surface area contributed by atoms with E-state index in [1.165, 1.54) is 12.1 Å². The Hall–Kier alpha value is -1.58. The van der Waals surface area contributed by atoms with Gasteiger partial charge in [0.2, 0.25) is 0 Å². The molecule has 1 aromatic carbocycles. The summed E-state index contributed by atoms with van der Waals surface area (Å²) in [5, 5.41) is 2.53. The molecule has 1 saturated heterocycles. The lowest BCUT2D eigenvalue weighted by atomic mass is 10.1. The van der Waals surface area contributed by atoms with Crippen molar-refractivity contribution in [3.63, 3.8) is 0 Å². The maximum atomic E-state index is 12.5. The molecule has 0 radical (unpaired) electrons. The van der Waals surface area contributed by atoms with Gasteiger partial charge in [-0.15, -0.1) is 0 Å². The van der Waals surface area contributed by atoms with Gasteiger partial charge >= 0.3 is 6.09 Å². The maximum absolute atomic E-state index is 12.5. The number of halogens is 1. The minimum Gasteiger partial charge on any atom is -0.439 e. The predicted octanol–water partition coefficient (Wildman–Crippen LogP) is 1.61. The lowest BCUT2D eigenvalue weighted by Gasteiger charge is -2.06. The highest BCUT2D eigenvalue weighted by molar-refractivity contribution is 5.69. The molecule has 1 heterocycles. The highest BCUT2D eigenvalue weighted by Gasteiger charge is 2.23. The minimum absolute atomic E-state index is 0.284. The first-order valence-corrected chi connectivity index (χ1v) is 3.95. The molecule has 1 unspecified atom stereocenters. The van der Waals surface area contributed by atoms with Crippen molar-refractivity contribution >= 4 is 6.09 Å². The highest BCUT2D eigenvalue weighted by atomic mass is 19.1. The third kappa shape index (κ3) is 1.61. The number of ether oxygens (including phenoxy) is 1. The summed E-state index contributed by atoms with van der Waals surface area (Å²) in [6, 6.07) is 5.92. The van der Waals surface area contributed by atoms with E-state index in [0.717, 1.165) is 5.56 Å². The predicted molar refractivity (Wildman–Crippen MR) is 43.6 cm³/mol. The van der Waals surface area contributed by atoms with E-state index in [1.54, 1.807) is 12.1 Å². The fourth-order valence-corrected chi connectivity index (χ4v) is 1.25. The van der Waals surface area contributed by atoms with Gasteiger partial charge < -0.3 is 10.1 Å². The number of alkyl carbamates (subject to hydrolysis) is 1. The Morgan fingerprint density at radius 2 is 2.08 bits per heavy atom. The van der Waals surface area contributed by atoms with Crippen molar-refractivity contribution in [2.75, 3.05) is 6.54 Å². The lowest BCUT2D eigenvalue weighted by Crippen LogP contribution is -2.12. The number of benzene rings is 1. The minimum atomic E-state index is -0.422. The molecule has 1 amide bonds. The number of nitrogens with one attached hydrogen (secondary N) is 1. The maximum Gasteiger partial charge on any atom is 0.407 e. The number of amides is 1. The molecule has 68 valence electrons. The second-order valence-corrected chi connectivity index (χ2v) is 2.83. The van der Waals surface area contributed by atoms with Crippen LogP contribution in [0.5, 0.6) is 0 Å². The van der Waals surface area contributed by atoms with Crippen LogP contribution < -0.4 is 5.32 Å². The van der Waals surface area contributed by atoms with Crippen molar-refractivity contribution in [1.82, 2.24) is 5.32 Å². The van der Waals surface area contributed by atoms with Crippen molar-refractivity contribution in [1.29, 1.82) is 0 Å². The Morgan fingerprint density at radius 1 is 1.38 bits per heavy atom. The molecule has 4 heteroatoms. The number of rotatable bonds is 1. The van der Waals surface area contributed by atoms with Crippen LogP contribution in [0.3, 0.4) is 0 Å². The van der Waals surface area contributed by atoms with Gasteiger partial charge in [-0.05, 0) is 17.7 Å². The molecule has 1 aliphatic heterocycles. The molecule has 1 aromatic rings. The number of carbonyl (C=O) groups is 1. The van der Waals surface area contributed by atoms with Crippen LogP contribution in [0.2, 0.25) is 0 Å². The monoisotopic (exact) mass is 181 g/mol. The number of carbonyl (C=O) groups excluding carboxylic acids is 1. The third-order valence-electron chi connectivity index (χ3n) is 1.92. The van der Waals surface area contributed by atoms with Crippen molar-refractivity contribution in [3.05, 3.63) is 35.6 Å². The summed E-state index contributed by atoms with van der Waals surface area (Å²) in [6.07, 6.45) is -0.706. The average molecular weight is 181 g/mol. The van der Waals surface area contributed by atoms with E-state index >= 15 is 0 Å². The number of cyclic esters (lactones) is 1. The van der Waals surface area contributed by atoms with E-state index in [0.29, 0.717) is 6.54 Å². The van der Waals surface area contributed by atoms with Gasteiger partial charge in [0.05, 0.1) is 6.54 Å². The largest absolute Gasteiger partial charge is 0.439 e. The van der Waals surface area contributed by atoms with Crippen molar-refractivity contribution in [2.45, 2.75) is 6.10 Å². The standard InChI is InChI=1S/C9H8FNO2/c10-7-3-1-6(2-4-7)8-5-11-9(12)13-8/h1-4,8H,5H2,(H,11,12). The smallest absolute Gasteiger partial charge is 0.407 e. The molecule has 1 aliphatic rings. The van der Waals surface area contributed by atoms with E-state index in [-0.39, 0.29) is 11.9 Å². The summed E-state index contributed by atoms with van der Waals surface area (Å²) in [5.41, 5.74) is 0.805. The SMILES string of the molecule is O=C1NCC(c2ccc(F)cc2)O1. The van der Waals surface area contributed by atoms with Crippen LogP contribution in [0, 0.1) is 5.82 Å². The molecule has 0 aromatic heterocycles. The fourth-order valence-electron chi connectivity index (χ4n) is 1.25. The molecule has 3 nitrogen and oxygen atoms in total. The van der Waals surface area contributed by atoms with Crippen LogP contribution in [-0.2, 0) is 4.74 Å². The van der Waals surface area contributed by atoms with E-state index in [1.807, 2.05) is 0 Å². The molecule has 0 saturated carbocycles. The van der Waals surface area contributed by atoms with Crippen LogP contribution in [0.1, 0.15) is 11.7 Å². The molecule has 1 fully saturated rings. The topological polar surface area (TPSA) is 38.3 Å². The lowest BCUT2D eigenvalue weighted by molar-refractivity contribution is 0.141. The first kappa shape index (κ1) is 8.04. The Kier molecular flexibility index (Phi) is 1.88. The Labute approximate surface area is 74.5 Å². The Morgan fingerprint density at radius 3 is 2.62 bits per heavy atom. The van der Waals surface area contributed by atoms with E-state index < -0.39 is 6.09 Å². The summed E-state index contributed by atoms with van der Waals surface area (Å²) in [6.45, 7) is 0.449. The van der Waals surface area contributed by atoms with Crippen LogP contribution in [0.15, 0.2) is 24.3 Å². The first-order valence-electron chi connectivity index (χ1n) is 3.95. The number of hydrogen-bond acceptors (Lipinski definition) is 2. The summed E-state index contributed by atoms with van der Waals surface area (Å²) < 4.78 is 17.4. The van der Waals surface area contributed by atoms with Crippen molar-refractivity contribution in [3.8, 4) is 0 Å². The van der Waals surface area contributed by atoms with Gasteiger partial charge in [0, 0.05) is 0 Å². The fraction of sp³-hybridized carbons (Fsp3) is 0.222. The van der Waals surface area contributed by atoms with Gasteiger partial charge in [0.1, 0.15) is 11.9 Å². The van der Waals surface area contributed by atoms with Gasteiger partial charge in [-0.25, -0.2) is 9.18 Å². The van der Waals surface area contributed by atoms with Crippen molar-refractivity contribution < 1.29 is 13.9 Å². The van der Waals surface area contributed by atoms with E-state index in [4.69, 9.17) is 4.74 Å². The van der Waals surface area contributed by atoms with Gasteiger partial charge in [-0.3, -0.25) is 0 Å². The highest BCUT2D eigenvalue weighted by Crippen LogP contribution is 2.20. The van der Waals surface area contributed by atoms with Gasteiger partial charge in [-0.1, -0.05) is 12.1 Å². The van der Waals surface area contributed by atoms with Gasteiger partial charge in [0.15, 0.2) is 0 Å². The summed E-state index contributed by atoms with van der Waals surface area (Å²) in [4.78, 5) is 10.7. The summed E-state index contributed by atoms with van der Waals surface area (Å²) in [7, 11) is 0. The molecular weight excluding hydrogens is 173 g/mol.